The second kappa shape index (κ2) is 7.17. The summed E-state index contributed by atoms with van der Waals surface area (Å²) >= 11 is 0. The quantitative estimate of drug-likeness (QED) is 0.821. The predicted octanol–water partition coefficient (Wildman–Crippen LogP) is 3.57. The molecule has 0 saturated carbocycles. The lowest BCUT2D eigenvalue weighted by molar-refractivity contribution is -0.139. The van der Waals surface area contributed by atoms with E-state index < -0.39 is 23.6 Å². The van der Waals surface area contributed by atoms with Crippen molar-refractivity contribution in [3.8, 4) is 11.3 Å². The van der Waals surface area contributed by atoms with Crippen LogP contribution in [0.25, 0.3) is 11.3 Å². The van der Waals surface area contributed by atoms with E-state index in [1.165, 1.54) is 12.1 Å². The molecule has 1 heterocycles. The summed E-state index contributed by atoms with van der Waals surface area (Å²) in [6, 6.07) is 5.94. The van der Waals surface area contributed by atoms with Crippen molar-refractivity contribution >= 4 is 5.97 Å². The molecule has 6 heteroatoms. The van der Waals surface area contributed by atoms with E-state index in [1.807, 2.05) is 6.92 Å². The highest BCUT2D eigenvalue weighted by atomic mass is 19.1. The zero-order chi connectivity index (χ0) is 16.1. The van der Waals surface area contributed by atoms with Crippen molar-refractivity contribution in [3.05, 3.63) is 47.7 Å². The molecule has 118 valence electrons. The molecule has 0 spiro atoms. The molecular weight excluding hydrogens is 292 g/mol. The first kappa shape index (κ1) is 16.2. The van der Waals surface area contributed by atoms with Crippen LogP contribution in [0.1, 0.15) is 25.5 Å². The van der Waals surface area contributed by atoms with E-state index in [0.29, 0.717) is 12.2 Å². The number of halogens is 2. The van der Waals surface area contributed by atoms with Crippen molar-refractivity contribution in [2.45, 2.75) is 32.4 Å². The lowest BCUT2D eigenvalue weighted by Crippen LogP contribution is -2.35. The fourth-order valence-corrected chi connectivity index (χ4v) is 2.17. The van der Waals surface area contributed by atoms with Crippen LogP contribution in [0.5, 0.6) is 0 Å². The van der Waals surface area contributed by atoms with Gasteiger partial charge in [0.15, 0.2) is 0 Å². The molecule has 1 aromatic heterocycles. The summed E-state index contributed by atoms with van der Waals surface area (Å²) in [4.78, 5) is 11.0. The lowest BCUT2D eigenvalue weighted by Gasteiger charge is -2.12. The number of benzene rings is 1. The molecule has 2 N–H and O–H groups in total. The Morgan fingerprint density at radius 3 is 2.55 bits per heavy atom. The summed E-state index contributed by atoms with van der Waals surface area (Å²) in [5.74, 6) is -1.85. The summed E-state index contributed by atoms with van der Waals surface area (Å²) in [6.45, 7) is 2.07. The number of furan rings is 1. The van der Waals surface area contributed by atoms with Crippen molar-refractivity contribution in [2.24, 2.45) is 0 Å². The van der Waals surface area contributed by atoms with Crippen LogP contribution in [0, 0.1) is 11.6 Å². The maximum absolute atomic E-state index is 13.7. The van der Waals surface area contributed by atoms with Crippen LogP contribution in [0.15, 0.2) is 34.7 Å². The average molecular weight is 309 g/mol. The zero-order valence-corrected chi connectivity index (χ0v) is 12.1. The van der Waals surface area contributed by atoms with Gasteiger partial charge in [-0.15, -0.1) is 0 Å². The summed E-state index contributed by atoms with van der Waals surface area (Å²) in [5.41, 5.74) is -0.225. The Bertz CT molecular complexity index is 634. The largest absolute Gasteiger partial charge is 0.480 e. The van der Waals surface area contributed by atoms with Gasteiger partial charge in [-0.1, -0.05) is 19.4 Å². The number of hydrogen-bond donors (Lipinski definition) is 2. The van der Waals surface area contributed by atoms with Gasteiger partial charge < -0.3 is 9.52 Å². The first-order valence-electron chi connectivity index (χ1n) is 7.02. The molecule has 22 heavy (non-hydrogen) atoms. The molecule has 0 aliphatic carbocycles. The van der Waals surface area contributed by atoms with Gasteiger partial charge in [0.1, 0.15) is 29.2 Å². The van der Waals surface area contributed by atoms with E-state index in [9.17, 15) is 13.6 Å². The van der Waals surface area contributed by atoms with Crippen LogP contribution >= 0.6 is 0 Å². The molecule has 0 saturated heterocycles. The zero-order valence-electron chi connectivity index (χ0n) is 12.1. The monoisotopic (exact) mass is 309 g/mol. The van der Waals surface area contributed by atoms with E-state index in [4.69, 9.17) is 9.52 Å². The highest BCUT2D eigenvalue weighted by molar-refractivity contribution is 5.73. The molecule has 2 aromatic rings. The Kier molecular flexibility index (Phi) is 5.27. The molecule has 2 rings (SSSR count). The van der Waals surface area contributed by atoms with Crippen LogP contribution < -0.4 is 5.32 Å². The van der Waals surface area contributed by atoms with E-state index in [-0.39, 0.29) is 17.9 Å². The molecule has 1 unspecified atom stereocenters. The van der Waals surface area contributed by atoms with Crippen LogP contribution in [-0.4, -0.2) is 17.1 Å². The molecule has 0 bridgehead atoms. The van der Waals surface area contributed by atoms with Gasteiger partial charge in [0.2, 0.25) is 0 Å². The minimum absolute atomic E-state index is 0.0785. The standard InChI is InChI=1S/C16H17F2NO3/c1-2-4-13(16(20)21)19-9-10-7-8-14(22-10)15-11(17)5-3-6-12(15)18/h3,5-8,13,19H,2,4,9H2,1H3,(H,20,21). The van der Waals surface area contributed by atoms with Crippen LogP contribution in [0.2, 0.25) is 0 Å². The molecule has 1 atom stereocenters. The maximum Gasteiger partial charge on any atom is 0.320 e. The van der Waals surface area contributed by atoms with E-state index in [2.05, 4.69) is 5.32 Å². The van der Waals surface area contributed by atoms with Gasteiger partial charge in [0.25, 0.3) is 0 Å². The van der Waals surface area contributed by atoms with E-state index in [0.717, 1.165) is 18.6 Å². The lowest BCUT2D eigenvalue weighted by atomic mass is 10.1. The van der Waals surface area contributed by atoms with Crippen LogP contribution in [0.3, 0.4) is 0 Å². The highest BCUT2D eigenvalue weighted by Gasteiger charge is 2.18. The number of rotatable bonds is 7. The molecule has 4 nitrogen and oxygen atoms in total. The number of carboxylic acids is 1. The summed E-state index contributed by atoms with van der Waals surface area (Å²) in [5, 5.41) is 11.9. The van der Waals surface area contributed by atoms with Gasteiger partial charge in [0.05, 0.1) is 12.1 Å². The van der Waals surface area contributed by atoms with Gasteiger partial charge in [-0.3, -0.25) is 10.1 Å². The predicted molar refractivity (Wildman–Crippen MR) is 77.2 cm³/mol. The molecule has 1 aromatic carbocycles. The third kappa shape index (κ3) is 3.71. The van der Waals surface area contributed by atoms with E-state index in [1.54, 1.807) is 6.07 Å². The molecule has 0 aliphatic heterocycles. The third-order valence-electron chi connectivity index (χ3n) is 3.27. The summed E-state index contributed by atoms with van der Waals surface area (Å²) < 4.78 is 32.7. The topological polar surface area (TPSA) is 62.5 Å². The Labute approximate surface area is 126 Å². The third-order valence-corrected chi connectivity index (χ3v) is 3.27. The Morgan fingerprint density at radius 2 is 1.95 bits per heavy atom. The Morgan fingerprint density at radius 1 is 1.27 bits per heavy atom. The van der Waals surface area contributed by atoms with Gasteiger partial charge in [-0.05, 0) is 30.7 Å². The minimum atomic E-state index is -0.936. The minimum Gasteiger partial charge on any atom is -0.480 e. The number of nitrogens with one attached hydrogen (secondary N) is 1. The number of aliphatic carboxylic acids is 1. The van der Waals surface area contributed by atoms with Gasteiger partial charge >= 0.3 is 5.97 Å². The smallest absolute Gasteiger partial charge is 0.320 e. The molecule has 0 amide bonds. The van der Waals surface area contributed by atoms with Gasteiger partial charge in [0, 0.05) is 0 Å². The van der Waals surface area contributed by atoms with Crippen molar-refractivity contribution < 1.29 is 23.1 Å². The first-order valence-corrected chi connectivity index (χ1v) is 7.02. The Hall–Kier alpha value is -2.21. The van der Waals surface area contributed by atoms with Crippen molar-refractivity contribution in [3.63, 3.8) is 0 Å². The number of carbonyl (C=O) groups is 1. The highest BCUT2D eigenvalue weighted by Crippen LogP contribution is 2.27. The van der Waals surface area contributed by atoms with Crippen molar-refractivity contribution in [1.82, 2.24) is 5.32 Å². The van der Waals surface area contributed by atoms with Gasteiger partial charge in [-0.25, -0.2) is 8.78 Å². The Balaban J connectivity index is 2.10. The summed E-state index contributed by atoms with van der Waals surface area (Å²) in [6.07, 6.45) is 1.22. The molecule has 0 fully saturated rings. The molecular formula is C16H17F2NO3. The average Bonchev–Trinajstić information content (AvgIpc) is 2.91. The first-order chi connectivity index (χ1) is 10.5. The summed E-state index contributed by atoms with van der Waals surface area (Å²) in [7, 11) is 0. The second-order valence-electron chi connectivity index (χ2n) is 4.92. The SMILES string of the molecule is CCCC(NCc1ccc(-c2c(F)cccc2F)o1)C(=O)O. The maximum atomic E-state index is 13.7. The van der Waals surface area contributed by atoms with Crippen LogP contribution in [-0.2, 0) is 11.3 Å². The fraction of sp³-hybridized carbons (Fsp3) is 0.312. The van der Waals surface area contributed by atoms with Crippen molar-refractivity contribution in [1.29, 1.82) is 0 Å². The van der Waals surface area contributed by atoms with Gasteiger partial charge in [-0.2, -0.15) is 0 Å². The van der Waals surface area contributed by atoms with Crippen LogP contribution in [0.4, 0.5) is 8.78 Å². The molecule has 0 radical (unpaired) electrons. The van der Waals surface area contributed by atoms with E-state index >= 15 is 0 Å². The fourth-order valence-electron chi connectivity index (χ4n) is 2.17. The molecule has 0 aliphatic rings. The number of hydrogen-bond acceptors (Lipinski definition) is 3. The normalized spacial score (nSPS) is 12.3. The second-order valence-corrected chi connectivity index (χ2v) is 4.92. The number of carboxylic acid groups (broad SMARTS) is 1. The van der Waals surface area contributed by atoms with Crippen molar-refractivity contribution in [2.75, 3.05) is 0 Å².